The van der Waals surface area contributed by atoms with Crippen LogP contribution in [-0.2, 0) is 0 Å². The maximum Gasteiger partial charge on any atom is 0.166 e. The molecule has 0 aromatic carbocycles. The van der Waals surface area contributed by atoms with E-state index in [2.05, 4.69) is 38.0 Å². The molecule has 0 saturated carbocycles. The Balaban J connectivity index is 2.63. The zero-order chi connectivity index (χ0) is 18.4. The van der Waals surface area contributed by atoms with Crippen LogP contribution in [0.2, 0.25) is 0 Å². The van der Waals surface area contributed by atoms with Crippen molar-refractivity contribution in [1.29, 1.82) is 0 Å². The maximum absolute atomic E-state index is 10.3. The minimum absolute atomic E-state index is 0.115. The van der Waals surface area contributed by atoms with E-state index in [9.17, 15) is 5.11 Å². The Morgan fingerprint density at radius 1 is 1.50 bits per heavy atom. The Morgan fingerprint density at radius 2 is 2.12 bits per heavy atom. The summed E-state index contributed by atoms with van der Waals surface area (Å²) in [7, 11) is 0. The number of aliphatic hydroxyl groups is 1. The van der Waals surface area contributed by atoms with E-state index in [1.54, 1.807) is 16.7 Å². The second kappa shape index (κ2) is 10.2. The molecule has 1 aliphatic heterocycles. The second-order valence-electron chi connectivity index (χ2n) is 6.26. The van der Waals surface area contributed by atoms with Crippen molar-refractivity contribution < 1.29 is 5.11 Å². The van der Waals surface area contributed by atoms with Crippen LogP contribution in [0.3, 0.4) is 0 Å². The largest absolute Gasteiger partial charge is 0.365 e. The summed E-state index contributed by atoms with van der Waals surface area (Å²) >= 11 is 1.35. The highest BCUT2D eigenvalue weighted by atomic mass is 127. The molecule has 24 heavy (non-hydrogen) atoms. The molecule has 4 atom stereocenters. The number of nitrogens with zero attached hydrogens (tertiary/aromatic N) is 2. The molecule has 0 bridgehead atoms. The number of thioether (sulfide) groups is 1. The van der Waals surface area contributed by atoms with Gasteiger partial charge in [-0.2, -0.15) is 0 Å². The van der Waals surface area contributed by atoms with Gasteiger partial charge in [-0.1, -0.05) is 46.0 Å². The third-order valence-electron chi connectivity index (χ3n) is 3.91. The van der Waals surface area contributed by atoms with Crippen LogP contribution in [0.5, 0.6) is 0 Å². The van der Waals surface area contributed by atoms with Gasteiger partial charge in [-0.15, -0.1) is 0 Å². The van der Waals surface area contributed by atoms with Crippen LogP contribution in [0.1, 0.15) is 41.5 Å². The van der Waals surface area contributed by atoms with Gasteiger partial charge < -0.3 is 16.2 Å². The molecule has 1 unspecified atom stereocenters. The van der Waals surface area contributed by atoms with Crippen LogP contribution >= 0.6 is 32.8 Å². The Morgan fingerprint density at radius 3 is 2.62 bits per heavy atom. The number of rotatable bonds is 9. The Kier molecular flexibility index (Phi) is 9.39. The summed E-state index contributed by atoms with van der Waals surface area (Å²) < 4.78 is 5.39. The molecule has 0 aromatic heterocycles. The molecule has 0 fully saturated rings. The SMILES string of the molecule is C=C(N=I[C@H](C)C(C)C)C1=C(C)NC(N[C@H](O)N(CC)[C@@H](C)N)S1. The second-order valence-corrected chi connectivity index (χ2v) is 10.4. The highest BCUT2D eigenvalue weighted by molar-refractivity contribution is 14.2. The fourth-order valence-corrected chi connectivity index (χ4v) is 4.96. The topological polar surface area (TPSA) is 85.9 Å². The summed E-state index contributed by atoms with van der Waals surface area (Å²) in [5.74, 6) is 0.654. The standard InChI is InChI=1S/C16H32IN5OS/c1-8-22(13(7)18)16(23)20-15-19-11(5)14(24-15)12(6)21-17-10(4)9(2)3/h9-10,13,15-16,19-20,23H,6,8,18H2,1-5,7H3/t10-,13+,15?,16+/m1/s1. The highest BCUT2D eigenvalue weighted by Gasteiger charge is 2.27. The van der Waals surface area contributed by atoms with Gasteiger partial charge in [0.1, 0.15) is 5.50 Å². The Bertz CT molecular complexity index is 495. The van der Waals surface area contributed by atoms with Crippen molar-refractivity contribution in [3.63, 3.8) is 0 Å². The summed E-state index contributed by atoms with van der Waals surface area (Å²) in [4.78, 5) is 2.85. The minimum Gasteiger partial charge on any atom is -0.365 e. The summed E-state index contributed by atoms with van der Waals surface area (Å²) in [5, 5.41) is 16.8. The molecule has 1 heterocycles. The van der Waals surface area contributed by atoms with Gasteiger partial charge in [-0.3, -0.25) is 10.2 Å². The minimum atomic E-state index is -0.800. The average Bonchev–Trinajstić information content (AvgIpc) is 2.85. The quantitative estimate of drug-likeness (QED) is 0.236. The van der Waals surface area contributed by atoms with Crippen LogP contribution < -0.4 is 16.4 Å². The number of nitrogens with one attached hydrogen (secondary N) is 2. The van der Waals surface area contributed by atoms with Crippen LogP contribution in [0.15, 0.2) is 26.0 Å². The predicted molar refractivity (Wildman–Crippen MR) is 112 cm³/mol. The van der Waals surface area contributed by atoms with Crippen molar-refractivity contribution in [3.8, 4) is 0 Å². The number of allylic oxidation sites excluding steroid dienone is 1. The van der Waals surface area contributed by atoms with E-state index in [-0.39, 0.29) is 32.7 Å². The molecule has 8 heteroatoms. The molecular formula is C16H32IN5OS. The first-order valence-corrected chi connectivity index (χ1v) is 11.4. The monoisotopic (exact) mass is 469 g/mol. The molecular weight excluding hydrogens is 437 g/mol. The predicted octanol–water partition coefficient (Wildman–Crippen LogP) is 3.04. The third-order valence-corrected chi connectivity index (χ3v) is 8.36. The molecule has 0 aliphatic carbocycles. The van der Waals surface area contributed by atoms with Gasteiger partial charge in [-0.25, -0.2) is 3.15 Å². The molecule has 0 saturated heterocycles. The lowest BCUT2D eigenvalue weighted by Crippen LogP contribution is -2.56. The van der Waals surface area contributed by atoms with Crippen molar-refractivity contribution in [2.45, 2.75) is 63.5 Å². The van der Waals surface area contributed by atoms with Gasteiger partial charge in [-0.05, 0) is 40.8 Å². The van der Waals surface area contributed by atoms with E-state index in [4.69, 9.17) is 8.88 Å². The Hall–Kier alpha value is -0.0000000000000000555. The lowest BCUT2D eigenvalue weighted by Gasteiger charge is -2.32. The van der Waals surface area contributed by atoms with Crippen molar-refractivity contribution in [2.24, 2.45) is 14.8 Å². The lowest BCUT2D eigenvalue weighted by molar-refractivity contribution is -0.0424. The smallest absolute Gasteiger partial charge is 0.166 e. The van der Waals surface area contributed by atoms with E-state index in [0.29, 0.717) is 16.4 Å². The molecule has 140 valence electrons. The summed E-state index contributed by atoms with van der Waals surface area (Å²) in [5.41, 5.74) is 7.66. The van der Waals surface area contributed by atoms with Crippen molar-refractivity contribution >= 4 is 32.8 Å². The normalized spacial score (nSPS) is 22.7. The van der Waals surface area contributed by atoms with E-state index in [1.165, 1.54) is 0 Å². The first-order valence-electron chi connectivity index (χ1n) is 8.29. The summed E-state index contributed by atoms with van der Waals surface area (Å²) in [6.07, 6.45) is -1.02. The highest BCUT2D eigenvalue weighted by Crippen LogP contribution is 2.36. The molecule has 1 rings (SSSR count). The molecule has 1 aliphatic rings. The zero-order valence-electron chi connectivity index (χ0n) is 15.5. The van der Waals surface area contributed by atoms with Crippen LogP contribution in [0.25, 0.3) is 0 Å². The molecule has 0 amide bonds. The van der Waals surface area contributed by atoms with Crippen molar-refractivity contribution in [1.82, 2.24) is 15.5 Å². The number of nitrogens with two attached hydrogens (primary N) is 1. The fourth-order valence-electron chi connectivity index (χ4n) is 2.06. The van der Waals surface area contributed by atoms with Crippen LogP contribution in [0, 0.1) is 5.92 Å². The van der Waals surface area contributed by atoms with E-state index < -0.39 is 6.35 Å². The van der Waals surface area contributed by atoms with Gasteiger partial charge >= 0.3 is 0 Å². The van der Waals surface area contributed by atoms with Crippen molar-refractivity contribution in [3.05, 3.63) is 22.9 Å². The summed E-state index contributed by atoms with van der Waals surface area (Å²) in [6.45, 7) is 17.4. The van der Waals surface area contributed by atoms with Gasteiger partial charge in [0, 0.05) is 16.2 Å². The zero-order valence-corrected chi connectivity index (χ0v) is 18.5. The molecule has 0 radical (unpaired) electrons. The van der Waals surface area contributed by atoms with Gasteiger partial charge in [0.15, 0.2) is 6.35 Å². The fraction of sp³-hybridized carbons (Fsp3) is 0.750. The number of hydrogen-bond acceptors (Lipinski definition) is 7. The van der Waals surface area contributed by atoms with Gasteiger partial charge in [0.2, 0.25) is 0 Å². The van der Waals surface area contributed by atoms with E-state index in [1.807, 2.05) is 20.8 Å². The third kappa shape index (κ3) is 6.38. The summed E-state index contributed by atoms with van der Waals surface area (Å²) in [6, 6.07) is 0. The van der Waals surface area contributed by atoms with Gasteiger partial charge in [0.25, 0.3) is 0 Å². The maximum atomic E-state index is 10.3. The number of alkyl halides is 1. The molecule has 0 spiro atoms. The average molecular weight is 469 g/mol. The molecule has 5 N–H and O–H groups in total. The molecule has 6 nitrogen and oxygen atoms in total. The number of hydrogen-bond donors (Lipinski definition) is 4. The number of aliphatic hydroxyl groups excluding tert-OH is 1. The van der Waals surface area contributed by atoms with E-state index >= 15 is 0 Å². The van der Waals surface area contributed by atoms with Crippen molar-refractivity contribution in [2.75, 3.05) is 6.54 Å². The number of halogens is 1. The molecule has 0 aromatic rings. The lowest BCUT2D eigenvalue weighted by atomic mass is 10.2. The van der Waals surface area contributed by atoms with Crippen LogP contribution in [0.4, 0.5) is 0 Å². The van der Waals surface area contributed by atoms with E-state index in [0.717, 1.165) is 16.3 Å². The first-order chi connectivity index (χ1) is 11.2. The van der Waals surface area contributed by atoms with Crippen LogP contribution in [-0.4, -0.2) is 38.5 Å². The van der Waals surface area contributed by atoms with Gasteiger partial charge in [0.05, 0.1) is 16.8 Å². The first kappa shape index (κ1) is 22.0. The Labute approximate surface area is 160 Å².